The van der Waals surface area contributed by atoms with E-state index in [1.165, 1.54) is 45.6 Å². The first-order valence-electron chi connectivity index (χ1n) is 10.6. The summed E-state index contributed by atoms with van der Waals surface area (Å²) < 4.78 is 44.1. The van der Waals surface area contributed by atoms with Crippen molar-refractivity contribution in [2.24, 2.45) is 0 Å². The second kappa shape index (κ2) is 11.4. The molecule has 0 fully saturated rings. The molecule has 0 spiro atoms. The lowest BCUT2D eigenvalue weighted by Crippen LogP contribution is -2.37. The van der Waals surface area contributed by atoms with E-state index < -0.39 is 22.5 Å². The van der Waals surface area contributed by atoms with Gasteiger partial charge in [-0.3, -0.25) is 4.79 Å². The van der Waals surface area contributed by atoms with E-state index in [0.29, 0.717) is 33.5 Å². The molecule has 0 aliphatic heterocycles. The summed E-state index contributed by atoms with van der Waals surface area (Å²) in [6, 6.07) is 16.7. The third kappa shape index (κ3) is 6.25. The van der Waals surface area contributed by atoms with Crippen molar-refractivity contribution >= 4 is 33.2 Å². The highest BCUT2D eigenvalue weighted by molar-refractivity contribution is 7.89. The number of carbonyl (C=O) groups excluding carboxylic acids is 1. The number of hydrogen-bond donors (Lipinski definition) is 1. The summed E-state index contributed by atoms with van der Waals surface area (Å²) in [4.78, 5) is 13.1. The van der Waals surface area contributed by atoms with E-state index in [9.17, 15) is 13.2 Å². The number of anilines is 1. The number of hydrogen-bond acceptors (Lipinski definition) is 6. The molecule has 10 heteroatoms. The van der Waals surface area contributed by atoms with Crippen LogP contribution in [0.3, 0.4) is 0 Å². The Balaban J connectivity index is 1.93. The Morgan fingerprint density at radius 1 is 0.914 bits per heavy atom. The zero-order valence-electron chi connectivity index (χ0n) is 19.9. The lowest BCUT2D eigenvalue weighted by molar-refractivity contribution is -0.116. The maximum absolute atomic E-state index is 13.6. The molecule has 35 heavy (non-hydrogen) atoms. The van der Waals surface area contributed by atoms with Gasteiger partial charge in [-0.05, 0) is 36.2 Å². The normalized spacial score (nSPS) is 11.3. The Labute approximate surface area is 210 Å². The second-order valence-electron chi connectivity index (χ2n) is 7.63. The molecule has 8 nitrogen and oxygen atoms in total. The molecule has 1 amide bonds. The predicted molar refractivity (Wildman–Crippen MR) is 135 cm³/mol. The van der Waals surface area contributed by atoms with E-state index in [1.807, 2.05) is 18.2 Å². The van der Waals surface area contributed by atoms with Crippen molar-refractivity contribution in [2.45, 2.75) is 18.4 Å². The Morgan fingerprint density at radius 3 is 2.17 bits per heavy atom. The molecular formula is C25H27ClN2O6S. The Kier molecular flexibility index (Phi) is 8.61. The molecule has 0 saturated carbocycles. The summed E-state index contributed by atoms with van der Waals surface area (Å²) in [7, 11) is 0.372. The summed E-state index contributed by atoms with van der Waals surface area (Å²) in [6.07, 6.45) is 0. The van der Waals surface area contributed by atoms with Crippen molar-refractivity contribution in [2.75, 3.05) is 33.2 Å². The van der Waals surface area contributed by atoms with Crippen molar-refractivity contribution in [3.8, 4) is 17.2 Å². The van der Waals surface area contributed by atoms with Crippen LogP contribution >= 0.6 is 11.6 Å². The van der Waals surface area contributed by atoms with Crippen LogP contribution in [0.1, 0.15) is 11.1 Å². The van der Waals surface area contributed by atoms with Gasteiger partial charge in [-0.2, -0.15) is 4.31 Å². The number of rotatable bonds is 10. The molecule has 0 atom stereocenters. The molecule has 186 valence electrons. The molecule has 0 aliphatic carbocycles. The van der Waals surface area contributed by atoms with Crippen LogP contribution in [0.4, 0.5) is 5.69 Å². The molecule has 0 bridgehead atoms. The average molecular weight is 519 g/mol. The number of methoxy groups -OCH3 is 3. The van der Waals surface area contributed by atoms with Crippen molar-refractivity contribution in [1.29, 1.82) is 0 Å². The first-order chi connectivity index (χ1) is 16.7. The fourth-order valence-electron chi connectivity index (χ4n) is 3.48. The van der Waals surface area contributed by atoms with Crippen molar-refractivity contribution in [1.82, 2.24) is 4.31 Å². The number of nitrogens with zero attached hydrogens (tertiary/aromatic N) is 1. The number of halogens is 1. The highest BCUT2D eigenvalue weighted by Gasteiger charge is 2.28. The van der Waals surface area contributed by atoms with E-state index >= 15 is 0 Å². The standard InChI is InChI=1S/C25H27ClN2O6S/c1-17-12-19(10-11-22(17)32-2)35(30,31)28(15-18-8-6-5-7-9-18)16-25(29)27-21-14-23(33-3)20(26)13-24(21)34-4/h5-14H,15-16H2,1-4H3,(H,27,29). The third-order valence-corrected chi connectivity index (χ3v) is 7.36. The lowest BCUT2D eigenvalue weighted by Gasteiger charge is -2.23. The topological polar surface area (TPSA) is 94.2 Å². The first kappa shape index (κ1) is 26.3. The quantitative estimate of drug-likeness (QED) is 0.424. The van der Waals surface area contributed by atoms with E-state index in [1.54, 1.807) is 25.1 Å². The summed E-state index contributed by atoms with van der Waals surface area (Å²) in [6.45, 7) is 1.32. The SMILES string of the molecule is COc1ccc(S(=O)(=O)N(CC(=O)Nc2cc(OC)c(Cl)cc2OC)Cc2ccccc2)cc1C. The molecule has 3 aromatic carbocycles. The minimum Gasteiger partial charge on any atom is -0.496 e. The minimum absolute atomic E-state index is 0.00272. The zero-order valence-corrected chi connectivity index (χ0v) is 21.4. The van der Waals surface area contributed by atoms with Crippen LogP contribution in [0.25, 0.3) is 0 Å². The lowest BCUT2D eigenvalue weighted by atomic mass is 10.2. The molecule has 1 N–H and O–H groups in total. The van der Waals surface area contributed by atoms with E-state index in [-0.39, 0.29) is 11.4 Å². The van der Waals surface area contributed by atoms with Gasteiger partial charge in [0.25, 0.3) is 0 Å². The molecule has 3 rings (SSSR count). The average Bonchev–Trinajstić information content (AvgIpc) is 2.84. The predicted octanol–water partition coefficient (Wildman–Crippen LogP) is 4.50. The smallest absolute Gasteiger partial charge is 0.243 e. The van der Waals surface area contributed by atoms with Gasteiger partial charge in [-0.1, -0.05) is 41.9 Å². The van der Waals surface area contributed by atoms with Crippen LogP contribution in [-0.2, 0) is 21.4 Å². The number of benzene rings is 3. The van der Waals surface area contributed by atoms with Gasteiger partial charge in [-0.15, -0.1) is 0 Å². The summed E-state index contributed by atoms with van der Waals surface area (Å²) in [5.74, 6) is 0.662. The first-order valence-corrected chi connectivity index (χ1v) is 12.4. The van der Waals surface area contributed by atoms with Gasteiger partial charge in [0.05, 0.1) is 43.5 Å². The maximum atomic E-state index is 13.6. The number of carbonyl (C=O) groups is 1. The van der Waals surface area contributed by atoms with Gasteiger partial charge in [0, 0.05) is 18.7 Å². The monoisotopic (exact) mass is 518 g/mol. The minimum atomic E-state index is -4.03. The maximum Gasteiger partial charge on any atom is 0.243 e. The van der Waals surface area contributed by atoms with Crippen LogP contribution < -0.4 is 19.5 Å². The van der Waals surface area contributed by atoms with Crippen LogP contribution in [0.15, 0.2) is 65.6 Å². The van der Waals surface area contributed by atoms with Crippen molar-refractivity contribution in [3.63, 3.8) is 0 Å². The summed E-state index contributed by atoms with van der Waals surface area (Å²) in [5, 5.41) is 3.01. The van der Waals surface area contributed by atoms with Gasteiger partial charge in [0.2, 0.25) is 15.9 Å². The van der Waals surface area contributed by atoms with E-state index in [4.69, 9.17) is 25.8 Å². The van der Waals surface area contributed by atoms with Gasteiger partial charge < -0.3 is 19.5 Å². The van der Waals surface area contributed by atoms with E-state index in [2.05, 4.69) is 5.32 Å². The molecule has 0 heterocycles. The van der Waals surface area contributed by atoms with E-state index in [0.717, 1.165) is 9.87 Å². The molecule has 0 unspecified atom stereocenters. The third-order valence-electron chi connectivity index (χ3n) is 5.27. The fourth-order valence-corrected chi connectivity index (χ4v) is 5.18. The number of aryl methyl sites for hydroxylation is 1. The molecule has 0 saturated heterocycles. The van der Waals surface area contributed by atoms with Crippen LogP contribution in [0.5, 0.6) is 17.2 Å². The summed E-state index contributed by atoms with van der Waals surface area (Å²) in [5.41, 5.74) is 1.70. The van der Waals surface area contributed by atoms with Gasteiger partial charge in [0.1, 0.15) is 17.2 Å². The van der Waals surface area contributed by atoms with Crippen LogP contribution in [-0.4, -0.2) is 46.5 Å². The number of sulfonamides is 1. The zero-order chi connectivity index (χ0) is 25.6. The fraction of sp³-hybridized carbons (Fsp3) is 0.240. The Bertz CT molecular complexity index is 1300. The Morgan fingerprint density at radius 2 is 1.57 bits per heavy atom. The van der Waals surface area contributed by atoms with Crippen molar-refractivity contribution in [3.05, 3.63) is 76.8 Å². The second-order valence-corrected chi connectivity index (χ2v) is 9.97. The van der Waals surface area contributed by atoms with Crippen LogP contribution in [0.2, 0.25) is 5.02 Å². The molecule has 0 aliphatic rings. The van der Waals surface area contributed by atoms with Crippen LogP contribution in [0, 0.1) is 6.92 Å². The number of amides is 1. The summed E-state index contributed by atoms with van der Waals surface area (Å²) >= 11 is 6.14. The molecule has 0 radical (unpaired) electrons. The largest absolute Gasteiger partial charge is 0.496 e. The Hall–Kier alpha value is -3.27. The number of ether oxygens (including phenoxy) is 3. The molecule has 3 aromatic rings. The number of nitrogens with one attached hydrogen (secondary N) is 1. The van der Waals surface area contributed by atoms with Gasteiger partial charge in [-0.25, -0.2) is 8.42 Å². The highest BCUT2D eigenvalue weighted by Crippen LogP contribution is 2.36. The molecule has 0 aromatic heterocycles. The molecular weight excluding hydrogens is 492 g/mol. The van der Waals surface area contributed by atoms with Gasteiger partial charge in [0.15, 0.2) is 0 Å². The van der Waals surface area contributed by atoms with Crippen molar-refractivity contribution < 1.29 is 27.4 Å². The highest BCUT2D eigenvalue weighted by atomic mass is 35.5. The van der Waals surface area contributed by atoms with Gasteiger partial charge >= 0.3 is 0 Å².